The fraction of sp³-hybridized carbons (Fsp3) is 0.200. The summed E-state index contributed by atoms with van der Waals surface area (Å²) in [5.74, 6) is -1.73. The van der Waals surface area contributed by atoms with Crippen molar-refractivity contribution in [3.05, 3.63) is 20.8 Å². The average molecular weight is 338 g/mol. The van der Waals surface area contributed by atoms with E-state index >= 15 is 0 Å². The summed E-state index contributed by atoms with van der Waals surface area (Å²) < 4.78 is 0. The second kappa shape index (κ2) is 7.14. The molecule has 10 heteroatoms. The molecule has 1 heterocycles. The second-order valence-corrected chi connectivity index (χ2v) is 4.55. The number of aliphatic carboxylic acids is 1. The first-order valence-corrected chi connectivity index (χ1v) is 6.21. The molecule has 1 aromatic rings. The van der Waals surface area contributed by atoms with E-state index in [2.05, 4.69) is 15.8 Å². The minimum absolute atomic E-state index is 0.0515. The van der Waals surface area contributed by atoms with E-state index in [1.807, 2.05) is 0 Å². The third-order valence-corrected chi connectivity index (χ3v) is 3.15. The van der Waals surface area contributed by atoms with Crippen LogP contribution in [-0.4, -0.2) is 22.0 Å². The van der Waals surface area contributed by atoms with E-state index in [0.717, 1.165) is 0 Å². The average Bonchev–Trinajstić information content (AvgIpc) is 2.39. The van der Waals surface area contributed by atoms with E-state index in [-0.39, 0.29) is 39.4 Å². The highest BCUT2D eigenvalue weighted by Gasteiger charge is 2.16. The van der Waals surface area contributed by atoms with Crippen molar-refractivity contribution in [3.8, 4) is 6.07 Å². The highest BCUT2D eigenvalue weighted by atomic mass is 35.5. The minimum atomic E-state index is -1.10. The van der Waals surface area contributed by atoms with E-state index in [9.17, 15) is 9.59 Å². The van der Waals surface area contributed by atoms with Crippen molar-refractivity contribution in [2.75, 3.05) is 5.43 Å². The van der Waals surface area contributed by atoms with E-state index in [4.69, 9.17) is 45.2 Å². The number of nitrogens with zero attached hydrogens (tertiary/aromatic N) is 2. The first-order valence-electron chi connectivity index (χ1n) is 5.08. The lowest BCUT2D eigenvalue weighted by Crippen LogP contribution is -2.30. The topological polar surface area (TPSA) is 115 Å². The van der Waals surface area contributed by atoms with Gasteiger partial charge in [-0.3, -0.25) is 20.4 Å². The zero-order valence-electron chi connectivity index (χ0n) is 9.71. The Kier molecular flexibility index (Phi) is 5.82. The molecule has 0 spiro atoms. The van der Waals surface area contributed by atoms with Gasteiger partial charge in [0.2, 0.25) is 5.91 Å². The largest absolute Gasteiger partial charge is 0.481 e. The molecule has 0 radical (unpaired) electrons. The monoisotopic (exact) mass is 336 g/mol. The van der Waals surface area contributed by atoms with Crippen molar-refractivity contribution < 1.29 is 14.7 Å². The molecule has 0 bridgehead atoms. The van der Waals surface area contributed by atoms with Crippen molar-refractivity contribution in [3.63, 3.8) is 0 Å². The number of carbonyl (C=O) groups is 2. The SMILES string of the molecule is N#Cc1c(Cl)nc(NNC(=O)CCC(=O)O)c(Cl)c1Cl. The molecular weight excluding hydrogens is 330 g/mol. The van der Waals surface area contributed by atoms with E-state index in [1.165, 1.54) is 0 Å². The first kappa shape index (κ1) is 16.3. The summed E-state index contributed by atoms with van der Waals surface area (Å²) in [4.78, 5) is 25.3. The van der Waals surface area contributed by atoms with Gasteiger partial charge >= 0.3 is 5.97 Å². The quantitative estimate of drug-likeness (QED) is 0.560. The summed E-state index contributed by atoms with van der Waals surface area (Å²) in [6, 6.07) is 1.74. The van der Waals surface area contributed by atoms with E-state index in [0.29, 0.717) is 0 Å². The number of halogens is 3. The van der Waals surface area contributed by atoms with Crippen LogP contribution < -0.4 is 10.9 Å². The van der Waals surface area contributed by atoms with Crippen LogP contribution in [-0.2, 0) is 9.59 Å². The van der Waals surface area contributed by atoms with Gasteiger partial charge in [-0.1, -0.05) is 34.8 Å². The van der Waals surface area contributed by atoms with Crippen LogP contribution in [0.15, 0.2) is 0 Å². The van der Waals surface area contributed by atoms with Gasteiger partial charge in [0.25, 0.3) is 0 Å². The summed E-state index contributed by atoms with van der Waals surface area (Å²) in [6.45, 7) is 0. The Labute approximate surface area is 128 Å². The second-order valence-electron chi connectivity index (χ2n) is 3.43. The third-order valence-electron chi connectivity index (χ3n) is 2.03. The number of carboxylic acid groups (broad SMARTS) is 1. The van der Waals surface area contributed by atoms with Gasteiger partial charge in [0.1, 0.15) is 16.7 Å². The molecule has 0 atom stereocenters. The van der Waals surface area contributed by atoms with Crippen LogP contribution >= 0.6 is 34.8 Å². The summed E-state index contributed by atoms with van der Waals surface area (Å²) in [6.07, 6.45) is -0.540. The van der Waals surface area contributed by atoms with Crippen molar-refractivity contribution in [1.29, 1.82) is 5.26 Å². The maximum atomic E-state index is 11.3. The van der Waals surface area contributed by atoms with Crippen LogP contribution in [0.4, 0.5) is 5.82 Å². The highest BCUT2D eigenvalue weighted by Crippen LogP contribution is 2.34. The van der Waals surface area contributed by atoms with Crippen LogP contribution in [0.5, 0.6) is 0 Å². The maximum absolute atomic E-state index is 11.3. The lowest BCUT2D eigenvalue weighted by molar-refractivity contribution is -0.138. The molecule has 0 aliphatic rings. The Morgan fingerprint density at radius 2 is 1.90 bits per heavy atom. The predicted molar refractivity (Wildman–Crippen MR) is 72.6 cm³/mol. The Hall–Kier alpha value is -1.75. The zero-order chi connectivity index (χ0) is 15.3. The summed E-state index contributed by atoms with van der Waals surface area (Å²) in [5.41, 5.74) is 4.46. The number of rotatable bonds is 5. The van der Waals surface area contributed by atoms with Gasteiger partial charge in [0.15, 0.2) is 11.0 Å². The van der Waals surface area contributed by atoms with Gasteiger partial charge < -0.3 is 5.11 Å². The zero-order valence-corrected chi connectivity index (χ0v) is 12.0. The van der Waals surface area contributed by atoms with Crippen LogP contribution in [0, 0.1) is 11.3 Å². The Morgan fingerprint density at radius 3 is 2.45 bits per heavy atom. The van der Waals surface area contributed by atoms with Crippen molar-refractivity contribution in [1.82, 2.24) is 10.4 Å². The van der Waals surface area contributed by atoms with Crippen molar-refractivity contribution in [2.24, 2.45) is 0 Å². The van der Waals surface area contributed by atoms with Crippen LogP contribution in [0.3, 0.4) is 0 Å². The number of hydrogen-bond donors (Lipinski definition) is 3. The van der Waals surface area contributed by atoms with Gasteiger partial charge in [-0.15, -0.1) is 0 Å². The Morgan fingerprint density at radius 1 is 1.25 bits per heavy atom. The fourth-order valence-electron chi connectivity index (χ4n) is 1.10. The third kappa shape index (κ3) is 4.13. The number of pyridine rings is 1. The molecular formula is C10H7Cl3N4O3. The van der Waals surface area contributed by atoms with Gasteiger partial charge in [0, 0.05) is 6.42 Å². The number of carbonyl (C=O) groups excluding carboxylic acids is 1. The molecule has 1 rings (SSSR count). The smallest absolute Gasteiger partial charge is 0.303 e. The summed E-state index contributed by atoms with van der Waals surface area (Å²) in [7, 11) is 0. The molecule has 1 aromatic heterocycles. The molecule has 3 N–H and O–H groups in total. The van der Waals surface area contributed by atoms with Gasteiger partial charge in [0.05, 0.1) is 11.4 Å². The van der Waals surface area contributed by atoms with E-state index in [1.54, 1.807) is 6.07 Å². The molecule has 0 unspecified atom stereocenters. The molecule has 0 fully saturated rings. The number of nitriles is 1. The first-order chi connectivity index (χ1) is 9.36. The van der Waals surface area contributed by atoms with Gasteiger partial charge in [-0.2, -0.15) is 5.26 Å². The van der Waals surface area contributed by atoms with Crippen molar-refractivity contribution >= 4 is 52.5 Å². The fourth-order valence-corrected chi connectivity index (χ4v) is 1.77. The van der Waals surface area contributed by atoms with E-state index < -0.39 is 11.9 Å². The number of aromatic nitrogens is 1. The van der Waals surface area contributed by atoms with Crippen LogP contribution in [0.25, 0.3) is 0 Å². The number of hydrogen-bond acceptors (Lipinski definition) is 5. The Bertz CT molecular complexity index is 600. The number of anilines is 1. The molecule has 20 heavy (non-hydrogen) atoms. The molecule has 0 saturated carbocycles. The molecule has 0 aromatic carbocycles. The normalized spacial score (nSPS) is 9.70. The molecule has 106 valence electrons. The minimum Gasteiger partial charge on any atom is -0.481 e. The Balaban J connectivity index is 2.77. The maximum Gasteiger partial charge on any atom is 0.303 e. The lowest BCUT2D eigenvalue weighted by atomic mass is 10.3. The standard InChI is InChI=1S/C10H7Cl3N4O3/c11-7-4(3-14)9(13)15-10(8(7)12)17-16-5(18)1-2-6(19)20/h1-2H2,(H,15,17)(H,16,18)(H,19,20). The van der Waals surface area contributed by atoms with Crippen LogP contribution in [0.1, 0.15) is 18.4 Å². The lowest BCUT2D eigenvalue weighted by Gasteiger charge is -2.11. The summed E-state index contributed by atoms with van der Waals surface area (Å²) in [5, 5.41) is 16.8. The number of carboxylic acids is 1. The van der Waals surface area contributed by atoms with Gasteiger partial charge in [-0.05, 0) is 0 Å². The molecule has 0 aliphatic heterocycles. The number of nitrogens with one attached hydrogen (secondary N) is 2. The highest BCUT2D eigenvalue weighted by molar-refractivity contribution is 6.45. The molecule has 0 aliphatic carbocycles. The molecule has 7 nitrogen and oxygen atoms in total. The number of amides is 1. The van der Waals surface area contributed by atoms with Crippen molar-refractivity contribution in [2.45, 2.75) is 12.8 Å². The number of hydrazine groups is 1. The predicted octanol–water partition coefficient (Wildman–Crippen LogP) is 2.22. The van der Waals surface area contributed by atoms with Gasteiger partial charge in [-0.25, -0.2) is 4.98 Å². The summed E-state index contributed by atoms with van der Waals surface area (Å²) >= 11 is 17.4. The van der Waals surface area contributed by atoms with Crippen LogP contribution in [0.2, 0.25) is 15.2 Å². The molecule has 1 amide bonds. The molecule has 0 saturated heterocycles.